The second-order valence-electron chi connectivity index (χ2n) is 4.93. The van der Waals surface area contributed by atoms with Gasteiger partial charge in [-0.1, -0.05) is 30.3 Å². The molecule has 1 aliphatic heterocycles. The Labute approximate surface area is 124 Å². The lowest BCUT2D eigenvalue weighted by Crippen LogP contribution is -2.09. The van der Waals surface area contributed by atoms with Crippen LogP contribution in [-0.2, 0) is 13.0 Å². The van der Waals surface area contributed by atoms with Gasteiger partial charge in [-0.05, 0) is 18.7 Å². The second-order valence-corrected chi connectivity index (χ2v) is 4.93. The minimum absolute atomic E-state index is 0.280. The van der Waals surface area contributed by atoms with E-state index < -0.39 is 0 Å². The molecule has 3 rings (SSSR count). The van der Waals surface area contributed by atoms with Crippen molar-refractivity contribution in [1.82, 2.24) is 5.32 Å². The van der Waals surface area contributed by atoms with E-state index in [9.17, 15) is 0 Å². The Balaban J connectivity index is 1.69. The second kappa shape index (κ2) is 6.50. The van der Waals surface area contributed by atoms with Crippen molar-refractivity contribution >= 4 is 0 Å². The minimum atomic E-state index is 0.280. The zero-order valence-corrected chi connectivity index (χ0v) is 12.1. The maximum absolute atomic E-state index is 5.94. The molecule has 1 aliphatic rings. The fourth-order valence-corrected chi connectivity index (χ4v) is 2.35. The molecule has 0 bridgehead atoms. The standard InChI is InChI=1S/C17H19NO3/c1-18-11-14-9-16-17(21-12-20-16)10-15(14)19-8-7-13-5-3-2-4-6-13/h2-6,9-10,18H,7-8,11-12H2,1H3. The van der Waals surface area contributed by atoms with Gasteiger partial charge in [0.15, 0.2) is 11.5 Å². The van der Waals surface area contributed by atoms with Crippen LogP contribution < -0.4 is 19.5 Å². The maximum Gasteiger partial charge on any atom is 0.231 e. The number of hydrogen-bond donors (Lipinski definition) is 1. The van der Waals surface area contributed by atoms with Crippen LogP contribution in [0.15, 0.2) is 42.5 Å². The van der Waals surface area contributed by atoms with Crippen LogP contribution in [0.2, 0.25) is 0 Å². The van der Waals surface area contributed by atoms with Gasteiger partial charge < -0.3 is 19.5 Å². The van der Waals surface area contributed by atoms with E-state index in [1.165, 1.54) is 5.56 Å². The molecule has 0 saturated heterocycles. The summed E-state index contributed by atoms with van der Waals surface area (Å²) in [4.78, 5) is 0. The number of hydrogen-bond acceptors (Lipinski definition) is 4. The van der Waals surface area contributed by atoms with Crippen molar-refractivity contribution in [2.75, 3.05) is 20.4 Å². The highest BCUT2D eigenvalue weighted by molar-refractivity contribution is 5.51. The first-order chi connectivity index (χ1) is 10.4. The van der Waals surface area contributed by atoms with Crippen LogP contribution in [0.25, 0.3) is 0 Å². The topological polar surface area (TPSA) is 39.7 Å². The summed E-state index contributed by atoms with van der Waals surface area (Å²) in [6, 6.07) is 14.2. The Morgan fingerprint density at radius 3 is 2.62 bits per heavy atom. The average Bonchev–Trinajstić information content (AvgIpc) is 2.96. The third kappa shape index (κ3) is 3.28. The van der Waals surface area contributed by atoms with E-state index in [-0.39, 0.29) is 6.79 Å². The smallest absolute Gasteiger partial charge is 0.231 e. The first-order valence-electron chi connectivity index (χ1n) is 7.10. The van der Waals surface area contributed by atoms with E-state index in [1.54, 1.807) is 0 Å². The molecule has 4 nitrogen and oxygen atoms in total. The third-order valence-corrected chi connectivity index (χ3v) is 3.41. The molecule has 0 aromatic heterocycles. The number of nitrogens with one attached hydrogen (secondary N) is 1. The molecule has 0 atom stereocenters. The van der Waals surface area contributed by atoms with Gasteiger partial charge in [-0.15, -0.1) is 0 Å². The lowest BCUT2D eigenvalue weighted by atomic mass is 10.1. The molecular formula is C17H19NO3. The molecule has 0 unspecified atom stereocenters. The van der Waals surface area contributed by atoms with Gasteiger partial charge >= 0.3 is 0 Å². The highest BCUT2D eigenvalue weighted by Crippen LogP contribution is 2.38. The summed E-state index contributed by atoms with van der Waals surface area (Å²) >= 11 is 0. The Morgan fingerprint density at radius 1 is 1.10 bits per heavy atom. The molecular weight excluding hydrogens is 266 g/mol. The molecule has 0 aliphatic carbocycles. The Bertz CT molecular complexity index is 598. The van der Waals surface area contributed by atoms with Crippen molar-refractivity contribution in [3.63, 3.8) is 0 Å². The Hall–Kier alpha value is -2.20. The van der Waals surface area contributed by atoms with Gasteiger partial charge in [0.1, 0.15) is 5.75 Å². The van der Waals surface area contributed by atoms with Crippen molar-refractivity contribution in [2.24, 2.45) is 0 Å². The predicted octanol–water partition coefficient (Wildman–Crippen LogP) is 2.76. The normalized spacial score (nSPS) is 12.4. The fourth-order valence-electron chi connectivity index (χ4n) is 2.35. The van der Waals surface area contributed by atoms with Crippen molar-refractivity contribution in [3.8, 4) is 17.2 Å². The van der Waals surface area contributed by atoms with Crippen molar-refractivity contribution in [1.29, 1.82) is 0 Å². The molecule has 0 saturated carbocycles. The summed E-state index contributed by atoms with van der Waals surface area (Å²) in [5.74, 6) is 2.39. The highest BCUT2D eigenvalue weighted by atomic mass is 16.7. The lowest BCUT2D eigenvalue weighted by molar-refractivity contribution is 0.173. The van der Waals surface area contributed by atoms with Crippen LogP contribution in [-0.4, -0.2) is 20.4 Å². The molecule has 21 heavy (non-hydrogen) atoms. The predicted molar refractivity (Wildman–Crippen MR) is 81.0 cm³/mol. The average molecular weight is 285 g/mol. The maximum atomic E-state index is 5.94. The molecule has 0 amide bonds. The molecule has 110 valence electrons. The van der Waals surface area contributed by atoms with Gasteiger partial charge in [-0.3, -0.25) is 0 Å². The van der Waals surface area contributed by atoms with Gasteiger partial charge in [-0.2, -0.15) is 0 Å². The quantitative estimate of drug-likeness (QED) is 0.886. The van der Waals surface area contributed by atoms with Crippen LogP contribution in [0.1, 0.15) is 11.1 Å². The van der Waals surface area contributed by atoms with Crippen LogP contribution in [0.5, 0.6) is 17.2 Å². The van der Waals surface area contributed by atoms with Gasteiger partial charge in [-0.25, -0.2) is 0 Å². The summed E-state index contributed by atoms with van der Waals surface area (Å²) in [6.45, 7) is 1.65. The lowest BCUT2D eigenvalue weighted by Gasteiger charge is -2.12. The van der Waals surface area contributed by atoms with Crippen LogP contribution in [0, 0.1) is 0 Å². The SMILES string of the molecule is CNCc1cc2c(cc1OCCc1ccccc1)OCO2. The Kier molecular flexibility index (Phi) is 4.26. The molecule has 1 N–H and O–H groups in total. The number of benzene rings is 2. The van der Waals surface area contributed by atoms with Gasteiger partial charge in [0, 0.05) is 24.6 Å². The highest BCUT2D eigenvalue weighted by Gasteiger charge is 2.17. The first-order valence-corrected chi connectivity index (χ1v) is 7.10. The molecule has 1 heterocycles. The molecule has 2 aromatic rings. The number of ether oxygens (including phenoxy) is 3. The van der Waals surface area contributed by atoms with Gasteiger partial charge in [0.2, 0.25) is 6.79 Å². The third-order valence-electron chi connectivity index (χ3n) is 3.41. The number of fused-ring (bicyclic) bond motifs is 1. The minimum Gasteiger partial charge on any atom is -0.493 e. The van der Waals surface area contributed by atoms with Gasteiger partial charge in [0.25, 0.3) is 0 Å². The monoisotopic (exact) mass is 285 g/mol. The van der Waals surface area contributed by atoms with Crippen molar-refractivity contribution < 1.29 is 14.2 Å². The zero-order valence-electron chi connectivity index (χ0n) is 12.1. The van der Waals surface area contributed by atoms with E-state index >= 15 is 0 Å². The summed E-state index contributed by atoms with van der Waals surface area (Å²) < 4.78 is 16.8. The molecule has 0 fully saturated rings. The van der Waals surface area contributed by atoms with Crippen LogP contribution in [0.4, 0.5) is 0 Å². The van der Waals surface area contributed by atoms with E-state index in [0.29, 0.717) is 6.61 Å². The molecule has 0 radical (unpaired) electrons. The summed E-state index contributed by atoms with van der Waals surface area (Å²) in [7, 11) is 1.92. The number of rotatable bonds is 6. The summed E-state index contributed by atoms with van der Waals surface area (Å²) in [5.41, 5.74) is 2.35. The molecule has 0 spiro atoms. The summed E-state index contributed by atoms with van der Waals surface area (Å²) in [5, 5.41) is 3.15. The van der Waals surface area contributed by atoms with Crippen LogP contribution in [0.3, 0.4) is 0 Å². The fraction of sp³-hybridized carbons (Fsp3) is 0.294. The van der Waals surface area contributed by atoms with E-state index in [2.05, 4.69) is 17.4 Å². The molecule has 2 aromatic carbocycles. The van der Waals surface area contributed by atoms with E-state index in [1.807, 2.05) is 37.4 Å². The molecule has 4 heteroatoms. The first kappa shape index (κ1) is 13.8. The van der Waals surface area contributed by atoms with Crippen molar-refractivity contribution in [2.45, 2.75) is 13.0 Å². The van der Waals surface area contributed by atoms with Crippen molar-refractivity contribution in [3.05, 3.63) is 53.6 Å². The van der Waals surface area contributed by atoms with E-state index in [4.69, 9.17) is 14.2 Å². The van der Waals surface area contributed by atoms with Crippen LogP contribution >= 0.6 is 0 Å². The largest absolute Gasteiger partial charge is 0.493 e. The zero-order chi connectivity index (χ0) is 14.5. The van der Waals surface area contributed by atoms with Gasteiger partial charge in [0.05, 0.1) is 6.61 Å². The Morgan fingerprint density at radius 2 is 1.86 bits per heavy atom. The van der Waals surface area contributed by atoms with E-state index in [0.717, 1.165) is 35.8 Å². The summed E-state index contributed by atoms with van der Waals surface area (Å²) in [6.07, 6.45) is 0.883.